The molecule has 1 aromatic rings. The van der Waals surface area contributed by atoms with Gasteiger partial charge in [-0.2, -0.15) is 0 Å². The average Bonchev–Trinajstić information content (AvgIpc) is 2.57. The van der Waals surface area contributed by atoms with Crippen LogP contribution in [-0.4, -0.2) is 18.0 Å². The summed E-state index contributed by atoms with van der Waals surface area (Å²) in [6, 6.07) is 7.36. The van der Waals surface area contributed by atoms with Gasteiger partial charge in [0.1, 0.15) is 5.82 Å². The van der Waals surface area contributed by atoms with Crippen molar-refractivity contribution in [3.05, 3.63) is 35.6 Å². The van der Waals surface area contributed by atoms with Gasteiger partial charge in [0.05, 0.1) is 0 Å². The molecule has 1 fully saturated rings. The van der Waals surface area contributed by atoms with Crippen LogP contribution in [0.5, 0.6) is 0 Å². The van der Waals surface area contributed by atoms with E-state index in [1.807, 2.05) is 12.1 Å². The fourth-order valence-electron chi connectivity index (χ4n) is 2.49. The molecule has 0 aliphatic carbocycles. The monoisotopic (exact) mass is 221 g/mol. The lowest BCUT2D eigenvalue weighted by Crippen LogP contribution is -2.28. The highest BCUT2D eigenvalue weighted by Crippen LogP contribution is 2.25. The summed E-state index contributed by atoms with van der Waals surface area (Å²) in [4.78, 5) is 2.41. The molecule has 1 saturated heterocycles. The van der Waals surface area contributed by atoms with E-state index in [4.69, 9.17) is 0 Å². The van der Waals surface area contributed by atoms with Crippen molar-refractivity contribution in [3.63, 3.8) is 0 Å². The topological polar surface area (TPSA) is 3.24 Å². The van der Waals surface area contributed by atoms with E-state index in [0.29, 0.717) is 0 Å². The zero-order chi connectivity index (χ0) is 11.4. The van der Waals surface area contributed by atoms with Gasteiger partial charge in [0, 0.05) is 11.6 Å². The molecule has 0 amide bonds. The Kier molecular flexibility index (Phi) is 3.94. The Morgan fingerprint density at radius 1 is 1.06 bits per heavy atom. The van der Waals surface area contributed by atoms with Crippen LogP contribution >= 0.6 is 0 Å². The van der Waals surface area contributed by atoms with Crippen molar-refractivity contribution in [1.82, 2.24) is 4.90 Å². The van der Waals surface area contributed by atoms with Gasteiger partial charge < -0.3 is 0 Å². The Morgan fingerprint density at radius 2 is 1.69 bits per heavy atom. The summed E-state index contributed by atoms with van der Waals surface area (Å²) in [7, 11) is 0. The van der Waals surface area contributed by atoms with E-state index in [0.717, 1.165) is 18.7 Å². The number of rotatable bonds is 2. The summed E-state index contributed by atoms with van der Waals surface area (Å²) in [6.07, 6.45) is 5.14. The molecule has 1 heterocycles. The third-order valence-corrected chi connectivity index (χ3v) is 3.54. The lowest BCUT2D eigenvalue weighted by molar-refractivity contribution is 0.215. The minimum atomic E-state index is -0.0701. The Labute approximate surface area is 97.3 Å². The molecule has 1 atom stereocenters. The fourth-order valence-corrected chi connectivity index (χ4v) is 2.49. The van der Waals surface area contributed by atoms with Gasteiger partial charge in [-0.15, -0.1) is 0 Å². The van der Waals surface area contributed by atoms with Crippen LogP contribution in [0.25, 0.3) is 0 Å². The van der Waals surface area contributed by atoms with E-state index >= 15 is 0 Å². The summed E-state index contributed by atoms with van der Waals surface area (Å²) in [5.41, 5.74) is 0.837. The number of nitrogens with zero attached hydrogens (tertiary/aromatic N) is 1. The van der Waals surface area contributed by atoms with Crippen LogP contribution in [0.4, 0.5) is 4.39 Å². The van der Waals surface area contributed by atoms with E-state index in [1.165, 1.54) is 25.7 Å². The molecule has 1 aliphatic rings. The van der Waals surface area contributed by atoms with E-state index in [-0.39, 0.29) is 11.9 Å². The maximum absolute atomic E-state index is 13.7. The summed E-state index contributed by atoms with van der Waals surface area (Å²) in [6.45, 7) is 4.33. The maximum Gasteiger partial charge on any atom is 0.127 e. The van der Waals surface area contributed by atoms with Crippen LogP contribution in [-0.2, 0) is 0 Å². The Morgan fingerprint density at radius 3 is 2.31 bits per heavy atom. The van der Waals surface area contributed by atoms with Crippen LogP contribution in [0.15, 0.2) is 24.3 Å². The van der Waals surface area contributed by atoms with E-state index < -0.39 is 0 Å². The molecular formula is C14H20FN. The largest absolute Gasteiger partial charge is 0.297 e. The molecule has 2 rings (SSSR count). The van der Waals surface area contributed by atoms with Crippen molar-refractivity contribution in [2.24, 2.45) is 0 Å². The Balaban J connectivity index is 2.11. The quantitative estimate of drug-likeness (QED) is 0.735. The predicted octanol–water partition coefficient (Wildman–Crippen LogP) is 3.76. The molecule has 1 unspecified atom stereocenters. The van der Waals surface area contributed by atoms with E-state index in [9.17, 15) is 4.39 Å². The van der Waals surface area contributed by atoms with Crippen molar-refractivity contribution in [1.29, 1.82) is 0 Å². The maximum atomic E-state index is 13.7. The van der Waals surface area contributed by atoms with Gasteiger partial charge in [-0.1, -0.05) is 31.0 Å². The molecule has 2 heteroatoms. The third kappa shape index (κ3) is 2.62. The minimum absolute atomic E-state index is 0.0701. The number of hydrogen-bond donors (Lipinski definition) is 0. The highest BCUT2D eigenvalue weighted by molar-refractivity contribution is 5.20. The van der Waals surface area contributed by atoms with Crippen molar-refractivity contribution >= 4 is 0 Å². The molecule has 88 valence electrons. The first-order valence-corrected chi connectivity index (χ1v) is 6.27. The molecule has 1 nitrogen and oxygen atoms in total. The van der Waals surface area contributed by atoms with Crippen LogP contribution in [0, 0.1) is 5.82 Å². The molecule has 1 aliphatic heterocycles. The van der Waals surface area contributed by atoms with Crippen LogP contribution in [0.3, 0.4) is 0 Å². The van der Waals surface area contributed by atoms with Crippen molar-refractivity contribution < 1.29 is 4.39 Å². The number of likely N-dealkylation sites (tertiary alicyclic amines) is 1. The van der Waals surface area contributed by atoms with Gasteiger partial charge in [-0.25, -0.2) is 4.39 Å². The first-order valence-electron chi connectivity index (χ1n) is 6.27. The Bertz CT molecular complexity index is 329. The smallest absolute Gasteiger partial charge is 0.127 e. The fraction of sp³-hybridized carbons (Fsp3) is 0.571. The number of hydrogen-bond acceptors (Lipinski definition) is 1. The third-order valence-electron chi connectivity index (χ3n) is 3.54. The molecule has 0 N–H and O–H groups in total. The highest BCUT2D eigenvalue weighted by atomic mass is 19.1. The molecule has 0 aromatic heterocycles. The predicted molar refractivity (Wildman–Crippen MR) is 64.9 cm³/mol. The van der Waals surface area contributed by atoms with Crippen molar-refractivity contribution in [3.8, 4) is 0 Å². The molecular weight excluding hydrogens is 201 g/mol. The summed E-state index contributed by atoms with van der Waals surface area (Å²) in [5.74, 6) is -0.0701. The van der Waals surface area contributed by atoms with Gasteiger partial charge in [0.15, 0.2) is 0 Å². The molecule has 16 heavy (non-hydrogen) atoms. The zero-order valence-electron chi connectivity index (χ0n) is 9.95. The SMILES string of the molecule is CC(c1ccccc1F)N1CCCCCC1. The van der Waals surface area contributed by atoms with E-state index in [1.54, 1.807) is 12.1 Å². The first kappa shape index (κ1) is 11.6. The minimum Gasteiger partial charge on any atom is -0.297 e. The van der Waals surface area contributed by atoms with Crippen molar-refractivity contribution in [2.75, 3.05) is 13.1 Å². The number of halogens is 1. The van der Waals surface area contributed by atoms with Gasteiger partial charge >= 0.3 is 0 Å². The number of benzene rings is 1. The van der Waals surface area contributed by atoms with Gasteiger partial charge in [0.25, 0.3) is 0 Å². The molecule has 0 bridgehead atoms. The second-order valence-corrected chi connectivity index (χ2v) is 4.65. The molecule has 0 spiro atoms. The summed E-state index contributed by atoms with van der Waals surface area (Å²) < 4.78 is 13.7. The normalized spacial score (nSPS) is 20.4. The summed E-state index contributed by atoms with van der Waals surface area (Å²) >= 11 is 0. The van der Waals surface area contributed by atoms with Gasteiger partial charge in [-0.3, -0.25) is 4.90 Å². The van der Waals surface area contributed by atoms with Crippen molar-refractivity contribution in [2.45, 2.75) is 38.6 Å². The Hall–Kier alpha value is -0.890. The van der Waals surface area contributed by atoms with Gasteiger partial charge in [0.2, 0.25) is 0 Å². The zero-order valence-corrected chi connectivity index (χ0v) is 9.95. The van der Waals surface area contributed by atoms with Crippen LogP contribution < -0.4 is 0 Å². The first-order chi connectivity index (χ1) is 7.79. The molecule has 1 aromatic carbocycles. The second-order valence-electron chi connectivity index (χ2n) is 4.65. The average molecular weight is 221 g/mol. The molecule has 0 saturated carbocycles. The lowest BCUT2D eigenvalue weighted by Gasteiger charge is -2.28. The summed E-state index contributed by atoms with van der Waals surface area (Å²) in [5, 5.41) is 0. The lowest BCUT2D eigenvalue weighted by atomic mass is 10.1. The second kappa shape index (κ2) is 5.44. The van der Waals surface area contributed by atoms with E-state index in [2.05, 4.69) is 11.8 Å². The highest BCUT2D eigenvalue weighted by Gasteiger charge is 2.19. The van der Waals surface area contributed by atoms with Crippen LogP contribution in [0.1, 0.15) is 44.2 Å². The molecule has 0 radical (unpaired) electrons. The standard InChI is InChI=1S/C14H20FN/c1-12(13-8-4-5-9-14(13)15)16-10-6-2-3-7-11-16/h4-5,8-9,12H,2-3,6-7,10-11H2,1H3. The van der Waals surface area contributed by atoms with Crippen LogP contribution in [0.2, 0.25) is 0 Å². The van der Waals surface area contributed by atoms with Gasteiger partial charge in [-0.05, 0) is 38.9 Å².